The number of aryl methyl sites for hydroxylation is 1. The van der Waals surface area contributed by atoms with E-state index in [4.69, 9.17) is 0 Å². The van der Waals surface area contributed by atoms with E-state index in [1.807, 2.05) is 47.1 Å². The summed E-state index contributed by atoms with van der Waals surface area (Å²) >= 11 is 0. The SMILES string of the molecule is Cc1ccc(S(=O)(=O)N2CCN(CC(=O)N3CCC(NC(=O)Nc4ccccc4)CC3)CC2)cc1. The van der Waals surface area contributed by atoms with E-state index in [2.05, 4.69) is 10.6 Å². The predicted octanol–water partition coefficient (Wildman–Crippen LogP) is 2.11. The minimum absolute atomic E-state index is 0.0262. The van der Waals surface area contributed by atoms with Crippen molar-refractivity contribution in [1.82, 2.24) is 19.4 Å². The van der Waals surface area contributed by atoms with E-state index < -0.39 is 10.0 Å². The summed E-state index contributed by atoms with van der Waals surface area (Å²) in [6.07, 6.45) is 1.41. The highest BCUT2D eigenvalue weighted by atomic mass is 32.2. The number of piperidine rings is 1. The van der Waals surface area contributed by atoms with Gasteiger partial charge < -0.3 is 15.5 Å². The highest BCUT2D eigenvalue weighted by Gasteiger charge is 2.30. The van der Waals surface area contributed by atoms with Gasteiger partial charge in [0.05, 0.1) is 11.4 Å². The Morgan fingerprint density at radius 3 is 2.14 bits per heavy atom. The van der Waals surface area contributed by atoms with Crippen LogP contribution in [0.5, 0.6) is 0 Å². The molecule has 2 saturated heterocycles. The Kier molecular flexibility index (Phi) is 8.04. The Balaban J connectivity index is 1.18. The van der Waals surface area contributed by atoms with Gasteiger partial charge in [0, 0.05) is 51.0 Å². The highest BCUT2D eigenvalue weighted by molar-refractivity contribution is 7.89. The summed E-state index contributed by atoms with van der Waals surface area (Å²) in [5.74, 6) is 0.0482. The quantitative estimate of drug-likeness (QED) is 0.634. The Morgan fingerprint density at radius 1 is 0.886 bits per heavy atom. The Morgan fingerprint density at radius 2 is 1.51 bits per heavy atom. The number of likely N-dealkylation sites (tertiary alicyclic amines) is 1. The Labute approximate surface area is 207 Å². The van der Waals surface area contributed by atoms with Gasteiger partial charge in [-0.05, 0) is 44.0 Å². The van der Waals surface area contributed by atoms with Crippen LogP contribution in [0.2, 0.25) is 0 Å². The van der Waals surface area contributed by atoms with Crippen molar-refractivity contribution in [1.29, 1.82) is 0 Å². The van der Waals surface area contributed by atoms with Crippen molar-refractivity contribution in [2.45, 2.75) is 30.7 Å². The molecule has 0 unspecified atom stereocenters. The molecule has 0 spiro atoms. The van der Waals surface area contributed by atoms with E-state index >= 15 is 0 Å². The third-order valence-electron chi connectivity index (χ3n) is 6.56. The van der Waals surface area contributed by atoms with Crippen molar-refractivity contribution >= 4 is 27.6 Å². The number of carbonyl (C=O) groups is 2. The molecular weight excluding hydrogens is 466 g/mol. The fourth-order valence-electron chi connectivity index (χ4n) is 4.43. The number of anilines is 1. The molecule has 2 fully saturated rings. The molecule has 0 bridgehead atoms. The number of carbonyl (C=O) groups excluding carboxylic acids is 2. The van der Waals surface area contributed by atoms with Crippen LogP contribution >= 0.6 is 0 Å². The maximum Gasteiger partial charge on any atom is 0.319 e. The van der Waals surface area contributed by atoms with Crippen LogP contribution in [-0.2, 0) is 14.8 Å². The molecule has 188 valence electrons. The topological polar surface area (TPSA) is 102 Å². The highest BCUT2D eigenvalue weighted by Crippen LogP contribution is 2.19. The lowest BCUT2D eigenvalue weighted by atomic mass is 10.1. The van der Waals surface area contributed by atoms with Crippen molar-refractivity contribution in [3.8, 4) is 0 Å². The zero-order valence-corrected chi connectivity index (χ0v) is 20.8. The largest absolute Gasteiger partial charge is 0.341 e. The van der Waals surface area contributed by atoms with E-state index in [1.54, 1.807) is 24.3 Å². The lowest BCUT2D eigenvalue weighted by Crippen LogP contribution is -2.53. The Bertz CT molecular complexity index is 1110. The summed E-state index contributed by atoms with van der Waals surface area (Å²) in [4.78, 5) is 29.2. The molecule has 4 rings (SSSR count). The molecule has 0 atom stereocenters. The molecule has 35 heavy (non-hydrogen) atoms. The van der Waals surface area contributed by atoms with Gasteiger partial charge in [0.2, 0.25) is 15.9 Å². The number of hydrogen-bond acceptors (Lipinski definition) is 5. The van der Waals surface area contributed by atoms with E-state index in [9.17, 15) is 18.0 Å². The van der Waals surface area contributed by atoms with Gasteiger partial charge in [0.25, 0.3) is 0 Å². The first-order chi connectivity index (χ1) is 16.8. The van der Waals surface area contributed by atoms with Gasteiger partial charge in [-0.15, -0.1) is 0 Å². The number of sulfonamides is 1. The van der Waals surface area contributed by atoms with E-state index in [0.29, 0.717) is 57.0 Å². The van der Waals surface area contributed by atoms with Crippen molar-refractivity contribution in [3.05, 3.63) is 60.2 Å². The van der Waals surface area contributed by atoms with Crippen LogP contribution in [0.15, 0.2) is 59.5 Å². The van der Waals surface area contributed by atoms with Crippen LogP contribution in [0.4, 0.5) is 10.5 Å². The molecule has 2 aromatic carbocycles. The maximum atomic E-state index is 12.9. The normalized spacial score (nSPS) is 18.3. The number of urea groups is 1. The molecule has 2 aliphatic rings. The number of rotatable bonds is 6. The third-order valence-corrected chi connectivity index (χ3v) is 8.48. The van der Waals surface area contributed by atoms with Gasteiger partial charge in [-0.1, -0.05) is 35.9 Å². The van der Waals surface area contributed by atoms with Gasteiger partial charge in [-0.2, -0.15) is 4.31 Å². The van der Waals surface area contributed by atoms with Crippen LogP contribution in [0, 0.1) is 6.92 Å². The fourth-order valence-corrected chi connectivity index (χ4v) is 5.85. The second-order valence-corrected chi connectivity index (χ2v) is 11.1. The number of amides is 3. The van der Waals surface area contributed by atoms with Gasteiger partial charge >= 0.3 is 6.03 Å². The number of benzene rings is 2. The van der Waals surface area contributed by atoms with E-state index in [0.717, 1.165) is 11.3 Å². The number of hydrogen-bond donors (Lipinski definition) is 2. The number of nitrogens with zero attached hydrogens (tertiary/aromatic N) is 3. The van der Waals surface area contributed by atoms with Gasteiger partial charge in [-0.3, -0.25) is 9.69 Å². The zero-order valence-electron chi connectivity index (χ0n) is 20.0. The van der Waals surface area contributed by atoms with Crippen molar-refractivity contribution in [2.24, 2.45) is 0 Å². The lowest BCUT2D eigenvalue weighted by molar-refractivity contribution is -0.133. The molecule has 2 heterocycles. The molecule has 0 radical (unpaired) electrons. The number of para-hydroxylation sites is 1. The maximum absolute atomic E-state index is 12.9. The average molecular weight is 500 g/mol. The van der Waals surface area contributed by atoms with E-state index in [1.165, 1.54) is 4.31 Å². The summed E-state index contributed by atoms with van der Waals surface area (Å²) < 4.78 is 27.3. The van der Waals surface area contributed by atoms with Crippen molar-refractivity contribution < 1.29 is 18.0 Å². The Hall–Kier alpha value is -2.95. The van der Waals surface area contributed by atoms with Crippen LogP contribution in [0.1, 0.15) is 18.4 Å². The standard InChI is InChI=1S/C25H33N5O4S/c1-20-7-9-23(10-8-20)35(33,34)30-17-15-28(16-18-30)19-24(31)29-13-11-22(12-14-29)27-25(32)26-21-5-3-2-4-6-21/h2-10,22H,11-19H2,1H3,(H2,26,27,32). The molecule has 9 nitrogen and oxygen atoms in total. The number of piperazine rings is 1. The summed E-state index contributed by atoms with van der Waals surface area (Å²) in [6, 6.07) is 16.0. The summed E-state index contributed by atoms with van der Waals surface area (Å²) in [5.41, 5.74) is 1.76. The first kappa shape index (κ1) is 25.2. The monoisotopic (exact) mass is 499 g/mol. The van der Waals surface area contributed by atoms with Crippen LogP contribution < -0.4 is 10.6 Å². The minimum Gasteiger partial charge on any atom is -0.341 e. The second-order valence-electron chi connectivity index (χ2n) is 9.11. The van der Waals surface area contributed by atoms with Crippen molar-refractivity contribution in [2.75, 3.05) is 51.1 Å². The summed E-state index contributed by atoms with van der Waals surface area (Å²) in [6.45, 7) is 5.17. The third kappa shape index (κ3) is 6.59. The van der Waals surface area contributed by atoms with Crippen molar-refractivity contribution in [3.63, 3.8) is 0 Å². The molecular formula is C25H33N5O4S. The molecule has 3 amide bonds. The van der Waals surface area contributed by atoms with Gasteiger partial charge in [0.15, 0.2) is 0 Å². The van der Waals surface area contributed by atoms with Crippen LogP contribution in [0.3, 0.4) is 0 Å². The second kappa shape index (κ2) is 11.2. The molecule has 2 N–H and O–H groups in total. The lowest BCUT2D eigenvalue weighted by Gasteiger charge is -2.36. The molecule has 0 saturated carbocycles. The molecule has 0 aliphatic carbocycles. The predicted molar refractivity (Wildman–Crippen MR) is 135 cm³/mol. The first-order valence-electron chi connectivity index (χ1n) is 12.0. The molecule has 2 aromatic rings. The van der Waals surface area contributed by atoms with E-state index in [-0.39, 0.29) is 24.5 Å². The van der Waals surface area contributed by atoms with Gasteiger partial charge in [-0.25, -0.2) is 13.2 Å². The van der Waals surface area contributed by atoms with Crippen LogP contribution in [0.25, 0.3) is 0 Å². The zero-order chi connectivity index (χ0) is 24.8. The fraction of sp³-hybridized carbons (Fsp3) is 0.440. The summed E-state index contributed by atoms with van der Waals surface area (Å²) in [5, 5.41) is 5.80. The number of nitrogens with one attached hydrogen (secondary N) is 2. The summed E-state index contributed by atoms with van der Waals surface area (Å²) in [7, 11) is -3.52. The minimum atomic E-state index is -3.52. The average Bonchev–Trinajstić information content (AvgIpc) is 2.85. The smallest absolute Gasteiger partial charge is 0.319 e. The molecule has 10 heteroatoms. The van der Waals surface area contributed by atoms with Crippen LogP contribution in [-0.4, -0.2) is 86.3 Å². The molecule has 2 aliphatic heterocycles. The first-order valence-corrected chi connectivity index (χ1v) is 13.4. The van der Waals surface area contributed by atoms with Gasteiger partial charge in [0.1, 0.15) is 0 Å². The molecule has 0 aromatic heterocycles.